The monoisotopic (exact) mass is 317 g/mol. The third-order valence-corrected chi connectivity index (χ3v) is 3.42. The first-order valence-corrected chi connectivity index (χ1v) is 7.63. The molecule has 0 unspecified atom stereocenters. The number of aryl methyl sites for hydroxylation is 2. The van der Waals surface area contributed by atoms with Gasteiger partial charge in [-0.25, -0.2) is 14.5 Å². The summed E-state index contributed by atoms with van der Waals surface area (Å²) in [5.74, 6) is 1.60. The number of nitrogens with one attached hydrogen (secondary N) is 2. The van der Waals surface area contributed by atoms with Crippen molar-refractivity contribution in [2.24, 2.45) is 0 Å². The molecule has 124 valence electrons. The van der Waals surface area contributed by atoms with Crippen molar-refractivity contribution in [1.82, 2.24) is 20.1 Å². The average molecular weight is 317 g/mol. The maximum absolute atomic E-state index is 11.9. The molecule has 1 heterocycles. The maximum Gasteiger partial charge on any atom is 0.319 e. The fourth-order valence-corrected chi connectivity index (χ4v) is 2.29. The highest BCUT2D eigenvalue weighted by molar-refractivity contribution is 5.89. The molecule has 0 aliphatic heterocycles. The van der Waals surface area contributed by atoms with Crippen LogP contribution in [0.25, 0.3) is 0 Å². The molecule has 7 heteroatoms. The van der Waals surface area contributed by atoms with Gasteiger partial charge in [0.1, 0.15) is 11.6 Å². The van der Waals surface area contributed by atoms with E-state index >= 15 is 0 Å². The number of benzene rings is 1. The predicted molar refractivity (Wildman–Crippen MR) is 88.4 cm³/mol. The quantitative estimate of drug-likeness (QED) is 0.758. The van der Waals surface area contributed by atoms with Gasteiger partial charge in [-0.15, -0.1) is 0 Å². The minimum absolute atomic E-state index is 0.0492. The zero-order valence-electron chi connectivity index (χ0n) is 13.7. The van der Waals surface area contributed by atoms with Gasteiger partial charge in [0.05, 0.1) is 6.54 Å². The lowest BCUT2D eigenvalue weighted by Gasteiger charge is -2.14. The Labute approximate surface area is 135 Å². The second-order valence-corrected chi connectivity index (χ2v) is 5.58. The Morgan fingerprint density at radius 1 is 1.39 bits per heavy atom. The predicted octanol–water partition coefficient (Wildman–Crippen LogP) is 1.84. The number of aliphatic hydroxyl groups is 1. The highest BCUT2D eigenvalue weighted by Gasteiger charge is 2.08. The maximum atomic E-state index is 11.9. The first-order chi connectivity index (χ1) is 11.0. The van der Waals surface area contributed by atoms with E-state index in [1.807, 2.05) is 49.7 Å². The van der Waals surface area contributed by atoms with Gasteiger partial charge in [-0.3, -0.25) is 0 Å². The van der Waals surface area contributed by atoms with Crippen molar-refractivity contribution < 1.29 is 9.90 Å². The van der Waals surface area contributed by atoms with E-state index in [9.17, 15) is 4.79 Å². The topological polar surface area (TPSA) is 92.1 Å². The molecule has 1 aromatic heterocycles. The Morgan fingerprint density at radius 2 is 2.17 bits per heavy atom. The van der Waals surface area contributed by atoms with Crippen LogP contribution in [0.3, 0.4) is 0 Å². The summed E-state index contributed by atoms with van der Waals surface area (Å²) >= 11 is 0. The number of amides is 2. The van der Waals surface area contributed by atoms with Crippen LogP contribution in [0.15, 0.2) is 24.3 Å². The zero-order valence-corrected chi connectivity index (χ0v) is 13.7. The van der Waals surface area contributed by atoms with E-state index < -0.39 is 0 Å². The van der Waals surface area contributed by atoms with E-state index in [1.54, 1.807) is 0 Å². The van der Waals surface area contributed by atoms with Crippen LogP contribution in [0.1, 0.15) is 30.6 Å². The number of carbonyl (C=O) groups is 1. The molecule has 2 aromatic rings. The minimum Gasteiger partial charge on any atom is -0.396 e. The fraction of sp³-hybridized carbons (Fsp3) is 0.438. The molecule has 0 aliphatic rings. The summed E-state index contributed by atoms with van der Waals surface area (Å²) in [6, 6.07) is 7.25. The lowest BCUT2D eigenvalue weighted by molar-refractivity contribution is 0.241. The van der Waals surface area contributed by atoms with Crippen molar-refractivity contribution in [3.63, 3.8) is 0 Å². The summed E-state index contributed by atoms with van der Waals surface area (Å²) in [6.07, 6.45) is 0.526. The van der Waals surface area contributed by atoms with Crippen LogP contribution in [-0.2, 0) is 6.54 Å². The van der Waals surface area contributed by atoms with Gasteiger partial charge < -0.3 is 15.7 Å². The number of hydrogen-bond donors (Lipinski definition) is 3. The lowest BCUT2D eigenvalue weighted by atomic mass is 10.2. The van der Waals surface area contributed by atoms with Crippen LogP contribution in [0.5, 0.6) is 0 Å². The lowest BCUT2D eigenvalue weighted by Crippen LogP contribution is -2.36. The molecule has 0 spiro atoms. The van der Waals surface area contributed by atoms with Crippen molar-refractivity contribution in [2.45, 2.75) is 39.8 Å². The summed E-state index contributed by atoms with van der Waals surface area (Å²) in [5.41, 5.74) is 1.74. The number of urea groups is 1. The second kappa shape index (κ2) is 7.73. The Morgan fingerprint density at radius 3 is 2.83 bits per heavy atom. The molecule has 3 N–H and O–H groups in total. The van der Waals surface area contributed by atoms with E-state index in [0.29, 0.717) is 18.7 Å². The molecule has 0 bridgehead atoms. The molecule has 0 saturated carbocycles. The number of carbonyl (C=O) groups excluding carboxylic acids is 1. The molecule has 1 aromatic carbocycles. The van der Waals surface area contributed by atoms with Crippen molar-refractivity contribution in [3.8, 4) is 0 Å². The Hall–Kier alpha value is -2.41. The molecule has 1 atom stereocenters. The number of aromatic nitrogens is 3. The molecule has 2 rings (SSSR count). The Balaban J connectivity index is 1.99. The molecule has 0 fully saturated rings. The van der Waals surface area contributed by atoms with Crippen molar-refractivity contribution >= 4 is 11.7 Å². The smallest absolute Gasteiger partial charge is 0.319 e. The number of nitrogens with zero attached hydrogens (tertiary/aromatic N) is 3. The summed E-state index contributed by atoms with van der Waals surface area (Å²) in [6.45, 7) is 6.28. The zero-order chi connectivity index (χ0) is 16.8. The average Bonchev–Trinajstić information content (AvgIpc) is 2.77. The van der Waals surface area contributed by atoms with Gasteiger partial charge >= 0.3 is 6.03 Å². The van der Waals surface area contributed by atoms with Gasteiger partial charge in [-0.05, 0) is 44.9 Å². The SMILES string of the molecule is Cc1nc(C)n(Cc2cccc(NC(=O)N[C@H](C)CCO)c2)n1. The van der Waals surface area contributed by atoms with Gasteiger partial charge in [0.15, 0.2) is 0 Å². The van der Waals surface area contributed by atoms with Gasteiger partial charge in [0.25, 0.3) is 0 Å². The highest BCUT2D eigenvalue weighted by Crippen LogP contribution is 2.12. The molecular weight excluding hydrogens is 294 g/mol. The van der Waals surface area contributed by atoms with Crippen LogP contribution in [-0.4, -0.2) is 38.6 Å². The first-order valence-electron chi connectivity index (χ1n) is 7.63. The van der Waals surface area contributed by atoms with Crippen LogP contribution >= 0.6 is 0 Å². The van der Waals surface area contributed by atoms with Crippen molar-refractivity contribution in [3.05, 3.63) is 41.5 Å². The number of hydrogen-bond acceptors (Lipinski definition) is 4. The van der Waals surface area contributed by atoms with Crippen LogP contribution < -0.4 is 10.6 Å². The largest absolute Gasteiger partial charge is 0.396 e. The summed E-state index contributed by atoms with van der Waals surface area (Å²) < 4.78 is 1.83. The molecule has 0 saturated heterocycles. The highest BCUT2D eigenvalue weighted by atomic mass is 16.3. The number of rotatable bonds is 6. The number of aliphatic hydroxyl groups excluding tert-OH is 1. The van der Waals surface area contributed by atoms with Crippen LogP contribution in [0.2, 0.25) is 0 Å². The van der Waals surface area contributed by atoms with E-state index in [-0.39, 0.29) is 18.7 Å². The fourth-order valence-electron chi connectivity index (χ4n) is 2.29. The van der Waals surface area contributed by atoms with Gasteiger partial charge in [0.2, 0.25) is 0 Å². The molecular formula is C16H23N5O2. The van der Waals surface area contributed by atoms with E-state index in [2.05, 4.69) is 20.7 Å². The van der Waals surface area contributed by atoms with Gasteiger partial charge in [0, 0.05) is 18.3 Å². The summed E-state index contributed by atoms with van der Waals surface area (Å²) in [4.78, 5) is 16.2. The third kappa shape index (κ3) is 5.07. The van der Waals surface area contributed by atoms with Gasteiger partial charge in [-0.2, -0.15) is 5.10 Å². The summed E-state index contributed by atoms with van der Waals surface area (Å²) in [5, 5.41) is 18.8. The standard InChI is InChI=1S/C16H23N5O2/c1-11(7-8-22)17-16(23)19-15-6-4-5-14(9-15)10-21-13(3)18-12(2)20-21/h4-6,9,11,22H,7-8,10H2,1-3H3,(H2,17,19,23)/t11-/m1/s1. The van der Waals surface area contributed by atoms with E-state index in [1.165, 1.54) is 0 Å². The van der Waals surface area contributed by atoms with Gasteiger partial charge in [-0.1, -0.05) is 12.1 Å². The van der Waals surface area contributed by atoms with E-state index in [0.717, 1.165) is 17.2 Å². The van der Waals surface area contributed by atoms with Crippen LogP contribution in [0, 0.1) is 13.8 Å². The Bertz CT molecular complexity index is 668. The molecule has 7 nitrogen and oxygen atoms in total. The third-order valence-electron chi connectivity index (χ3n) is 3.42. The summed E-state index contributed by atoms with van der Waals surface area (Å²) in [7, 11) is 0. The normalized spacial score (nSPS) is 12.0. The molecule has 23 heavy (non-hydrogen) atoms. The molecule has 0 radical (unpaired) electrons. The first kappa shape index (κ1) is 17.0. The Kier molecular flexibility index (Phi) is 5.70. The second-order valence-electron chi connectivity index (χ2n) is 5.58. The van der Waals surface area contributed by atoms with Crippen molar-refractivity contribution in [1.29, 1.82) is 0 Å². The minimum atomic E-state index is -0.282. The number of anilines is 1. The molecule has 0 aliphatic carbocycles. The van der Waals surface area contributed by atoms with Crippen LogP contribution in [0.4, 0.5) is 10.5 Å². The van der Waals surface area contributed by atoms with Crippen molar-refractivity contribution in [2.75, 3.05) is 11.9 Å². The van der Waals surface area contributed by atoms with E-state index in [4.69, 9.17) is 5.11 Å². The molecule has 2 amide bonds.